The molecular weight excluding hydrogens is 280 g/mol. The van der Waals surface area contributed by atoms with Gasteiger partial charge in [-0.05, 0) is 30.9 Å². The molecule has 1 aliphatic heterocycles. The van der Waals surface area contributed by atoms with E-state index in [1.165, 1.54) is 4.90 Å². The first-order chi connectivity index (χ1) is 10.3. The van der Waals surface area contributed by atoms with Crippen LogP contribution in [0.2, 0.25) is 0 Å². The lowest BCUT2D eigenvalue weighted by Crippen LogP contribution is -2.48. The van der Waals surface area contributed by atoms with Gasteiger partial charge in [-0.15, -0.1) is 0 Å². The minimum Gasteiger partial charge on any atom is -0.388 e. The highest BCUT2D eigenvalue weighted by Crippen LogP contribution is 2.27. The van der Waals surface area contributed by atoms with Crippen LogP contribution in [0.1, 0.15) is 32.8 Å². The van der Waals surface area contributed by atoms with E-state index in [9.17, 15) is 14.7 Å². The highest BCUT2D eigenvalue weighted by Gasteiger charge is 2.28. The van der Waals surface area contributed by atoms with Gasteiger partial charge in [0.15, 0.2) is 0 Å². The maximum absolute atomic E-state index is 12.1. The topological polar surface area (TPSA) is 69.6 Å². The maximum atomic E-state index is 12.1. The number of para-hydroxylation sites is 1. The van der Waals surface area contributed by atoms with Gasteiger partial charge in [-0.25, -0.2) is 0 Å². The number of amides is 2. The zero-order valence-electron chi connectivity index (χ0n) is 13.4. The van der Waals surface area contributed by atoms with Crippen LogP contribution < -0.4 is 10.2 Å². The SMILES string of the molecule is CC(C)C(C)(O)CNC(=O)CN1C(=O)CCc2ccccc21. The number of rotatable bonds is 5. The minimum absolute atomic E-state index is 0.00990. The molecule has 0 aliphatic carbocycles. The number of carbonyl (C=O) groups excluding carboxylic acids is 2. The average molecular weight is 304 g/mol. The van der Waals surface area contributed by atoms with E-state index < -0.39 is 5.60 Å². The first-order valence-corrected chi connectivity index (χ1v) is 7.68. The van der Waals surface area contributed by atoms with Gasteiger partial charge in [0.05, 0.1) is 5.60 Å². The molecule has 0 fully saturated rings. The molecule has 0 bridgehead atoms. The van der Waals surface area contributed by atoms with Crippen molar-refractivity contribution < 1.29 is 14.7 Å². The van der Waals surface area contributed by atoms with Gasteiger partial charge in [0.25, 0.3) is 0 Å². The third-order valence-corrected chi connectivity index (χ3v) is 4.38. The van der Waals surface area contributed by atoms with Crippen LogP contribution in [-0.4, -0.2) is 35.6 Å². The molecule has 0 saturated heterocycles. The molecule has 1 aromatic carbocycles. The molecule has 22 heavy (non-hydrogen) atoms. The summed E-state index contributed by atoms with van der Waals surface area (Å²) in [5, 5.41) is 12.9. The molecule has 2 amide bonds. The van der Waals surface area contributed by atoms with E-state index in [-0.39, 0.29) is 30.8 Å². The number of aliphatic hydroxyl groups is 1. The molecule has 0 radical (unpaired) electrons. The number of nitrogens with one attached hydrogen (secondary N) is 1. The van der Waals surface area contributed by atoms with Gasteiger partial charge in [-0.3, -0.25) is 9.59 Å². The van der Waals surface area contributed by atoms with Crippen LogP contribution in [-0.2, 0) is 16.0 Å². The van der Waals surface area contributed by atoms with Crippen molar-refractivity contribution in [3.63, 3.8) is 0 Å². The van der Waals surface area contributed by atoms with E-state index in [0.717, 1.165) is 17.7 Å². The quantitative estimate of drug-likeness (QED) is 0.866. The lowest BCUT2D eigenvalue weighted by molar-refractivity contribution is -0.124. The summed E-state index contributed by atoms with van der Waals surface area (Å²) >= 11 is 0. The van der Waals surface area contributed by atoms with Crippen LogP contribution in [0.3, 0.4) is 0 Å². The average Bonchev–Trinajstić information content (AvgIpc) is 2.48. The Labute approximate surface area is 131 Å². The van der Waals surface area contributed by atoms with Crippen LogP contribution in [0.25, 0.3) is 0 Å². The molecule has 120 valence electrons. The Morgan fingerprint density at radius 3 is 2.73 bits per heavy atom. The zero-order valence-corrected chi connectivity index (χ0v) is 13.4. The first kappa shape index (κ1) is 16.5. The van der Waals surface area contributed by atoms with Crippen LogP contribution >= 0.6 is 0 Å². The number of benzene rings is 1. The van der Waals surface area contributed by atoms with Crippen molar-refractivity contribution in [2.45, 2.75) is 39.2 Å². The van der Waals surface area contributed by atoms with E-state index in [0.29, 0.717) is 6.42 Å². The number of hydrogen-bond acceptors (Lipinski definition) is 3. The predicted molar refractivity (Wildman–Crippen MR) is 85.6 cm³/mol. The van der Waals surface area contributed by atoms with Crippen molar-refractivity contribution in [1.82, 2.24) is 5.32 Å². The molecule has 1 atom stereocenters. The Hall–Kier alpha value is -1.88. The Bertz CT molecular complexity index is 567. The fourth-order valence-corrected chi connectivity index (χ4v) is 2.35. The van der Waals surface area contributed by atoms with Crippen molar-refractivity contribution >= 4 is 17.5 Å². The fourth-order valence-electron chi connectivity index (χ4n) is 2.35. The molecule has 1 aromatic rings. The second-order valence-electron chi connectivity index (χ2n) is 6.40. The number of carbonyl (C=O) groups is 2. The standard InChI is InChI=1S/C17H24N2O3/c1-12(2)17(3,22)11-18-15(20)10-19-14-7-5-4-6-13(14)8-9-16(19)21/h4-7,12,22H,8-11H2,1-3H3,(H,18,20). The van der Waals surface area contributed by atoms with Crippen molar-refractivity contribution in [1.29, 1.82) is 0 Å². The van der Waals surface area contributed by atoms with E-state index in [2.05, 4.69) is 5.32 Å². The summed E-state index contributed by atoms with van der Waals surface area (Å²) in [4.78, 5) is 25.7. The summed E-state index contributed by atoms with van der Waals surface area (Å²) in [6.45, 7) is 5.66. The van der Waals surface area contributed by atoms with Crippen molar-refractivity contribution in [3.8, 4) is 0 Å². The second-order valence-corrected chi connectivity index (χ2v) is 6.40. The van der Waals surface area contributed by atoms with Gasteiger partial charge in [-0.2, -0.15) is 0 Å². The van der Waals surface area contributed by atoms with Gasteiger partial charge < -0.3 is 15.3 Å². The first-order valence-electron chi connectivity index (χ1n) is 7.68. The third-order valence-electron chi connectivity index (χ3n) is 4.38. The van der Waals surface area contributed by atoms with Gasteiger partial charge >= 0.3 is 0 Å². The molecule has 5 nitrogen and oxygen atoms in total. The second kappa shape index (κ2) is 6.48. The van der Waals surface area contributed by atoms with Crippen molar-refractivity contribution in [2.24, 2.45) is 5.92 Å². The molecule has 0 aromatic heterocycles. The van der Waals surface area contributed by atoms with Crippen LogP contribution in [0.5, 0.6) is 0 Å². The van der Waals surface area contributed by atoms with Crippen molar-refractivity contribution in [3.05, 3.63) is 29.8 Å². The summed E-state index contributed by atoms with van der Waals surface area (Å²) in [7, 11) is 0. The molecule has 1 aliphatic rings. The molecule has 2 rings (SSSR count). The summed E-state index contributed by atoms with van der Waals surface area (Å²) in [5.74, 6) is -0.263. The van der Waals surface area contributed by atoms with Crippen molar-refractivity contribution in [2.75, 3.05) is 18.0 Å². The largest absolute Gasteiger partial charge is 0.388 e. The Morgan fingerprint density at radius 2 is 2.05 bits per heavy atom. The third kappa shape index (κ3) is 3.65. The predicted octanol–water partition coefficient (Wildman–Crippen LogP) is 1.49. The van der Waals surface area contributed by atoms with Gasteiger partial charge in [0, 0.05) is 18.7 Å². The monoisotopic (exact) mass is 304 g/mol. The number of hydrogen-bond donors (Lipinski definition) is 2. The molecule has 0 saturated carbocycles. The highest BCUT2D eigenvalue weighted by molar-refractivity contribution is 6.00. The number of fused-ring (bicyclic) bond motifs is 1. The Kier molecular flexibility index (Phi) is 4.86. The number of anilines is 1. The molecule has 5 heteroatoms. The smallest absolute Gasteiger partial charge is 0.240 e. The number of aryl methyl sites for hydroxylation is 1. The highest BCUT2D eigenvalue weighted by atomic mass is 16.3. The molecule has 0 spiro atoms. The van der Waals surface area contributed by atoms with Crippen LogP contribution in [0.4, 0.5) is 5.69 Å². The van der Waals surface area contributed by atoms with E-state index in [1.54, 1.807) is 6.92 Å². The minimum atomic E-state index is -0.959. The summed E-state index contributed by atoms with van der Waals surface area (Å²) in [5.41, 5.74) is 0.938. The summed E-state index contributed by atoms with van der Waals surface area (Å²) in [6, 6.07) is 7.65. The van der Waals surface area contributed by atoms with E-state index >= 15 is 0 Å². The van der Waals surface area contributed by atoms with E-state index in [1.807, 2.05) is 38.1 Å². The molecular formula is C17H24N2O3. The Balaban J connectivity index is 2.01. The van der Waals surface area contributed by atoms with Crippen LogP contribution in [0, 0.1) is 5.92 Å². The van der Waals surface area contributed by atoms with Gasteiger partial charge in [-0.1, -0.05) is 32.0 Å². The fraction of sp³-hybridized carbons (Fsp3) is 0.529. The lowest BCUT2D eigenvalue weighted by atomic mass is 9.92. The lowest BCUT2D eigenvalue weighted by Gasteiger charge is -2.30. The molecule has 1 unspecified atom stereocenters. The molecule has 2 N–H and O–H groups in total. The van der Waals surface area contributed by atoms with Gasteiger partial charge in [0.2, 0.25) is 11.8 Å². The van der Waals surface area contributed by atoms with Crippen LogP contribution in [0.15, 0.2) is 24.3 Å². The Morgan fingerprint density at radius 1 is 1.36 bits per heavy atom. The summed E-state index contributed by atoms with van der Waals surface area (Å²) < 4.78 is 0. The maximum Gasteiger partial charge on any atom is 0.240 e. The summed E-state index contributed by atoms with van der Waals surface area (Å²) in [6.07, 6.45) is 1.14. The number of nitrogens with zero attached hydrogens (tertiary/aromatic N) is 1. The zero-order chi connectivity index (χ0) is 16.3. The normalized spacial score (nSPS) is 17.1. The molecule has 1 heterocycles. The van der Waals surface area contributed by atoms with Gasteiger partial charge in [0.1, 0.15) is 6.54 Å². The van der Waals surface area contributed by atoms with E-state index in [4.69, 9.17) is 0 Å².